The number of nitrogen functional groups attached to an aromatic ring is 1. The third-order valence-corrected chi connectivity index (χ3v) is 4.34. The SMILES string of the molecule is CNS(=O)(=NC1CC1)c1cccc(N)c1. The molecule has 0 aliphatic heterocycles. The topological polar surface area (TPSA) is 67.5 Å². The van der Waals surface area contributed by atoms with Gasteiger partial charge in [-0.3, -0.25) is 0 Å². The van der Waals surface area contributed by atoms with Gasteiger partial charge in [0.15, 0.2) is 0 Å². The predicted molar refractivity (Wildman–Crippen MR) is 61.8 cm³/mol. The van der Waals surface area contributed by atoms with Crippen molar-refractivity contribution >= 4 is 15.6 Å². The molecule has 1 fully saturated rings. The molecule has 0 heterocycles. The molecule has 0 amide bonds. The lowest BCUT2D eigenvalue weighted by Crippen LogP contribution is -2.19. The van der Waals surface area contributed by atoms with Gasteiger partial charge in [-0.2, -0.15) is 0 Å². The van der Waals surface area contributed by atoms with Crippen LogP contribution in [-0.4, -0.2) is 17.3 Å². The van der Waals surface area contributed by atoms with Crippen LogP contribution in [0.4, 0.5) is 5.69 Å². The number of anilines is 1. The van der Waals surface area contributed by atoms with Crippen molar-refractivity contribution in [2.75, 3.05) is 12.8 Å². The number of hydrogen-bond acceptors (Lipinski definition) is 3. The number of benzene rings is 1. The molecule has 82 valence electrons. The fourth-order valence-corrected chi connectivity index (χ4v) is 2.96. The number of nitrogens with one attached hydrogen (secondary N) is 1. The van der Waals surface area contributed by atoms with Crippen molar-refractivity contribution in [3.8, 4) is 0 Å². The van der Waals surface area contributed by atoms with E-state index in [4.69, 9.17) is 5.73 Å². The molecule has 0 spiro atoms. The Morgan fingerprint density at radius 2 is 2.27 bits per heavy atom. The first-order valence-electron chi connectivity index (χ1n) is 4.94. The van der Waals surface area contributed by atoms with Gasteiger partial charge >= 0.3 is 0 Å². The van der Waals surface area contributed by atoms with Crippen molar-refractivity contribution < 1.29 is 4.21 Å². The van der Waals surface area contributed by atoms with E-state index >= 15 is 0 Å². The molecule has 1 unspecified atom stereocenters. The Kier molecular flexibility index (Phi) is 2.67. The molecular formula is C10H15N3OS. The standard InChI is InChI=1S/C10H15N3OS/c1-12-15(14,13-9-5-6-9)10-4-2-3-8(11)7-10/h2-4,7,9H,5-6,11H2,1H3,(H,12,13,14). The molecule has 0 radical (unpaired) electrons. The van der Waals surface area contributed by atoms with Gasteiger partial charge in [0.25, 0.3) is 0 Å². The van der Waals surface area contributed by atoms with Crippen molar-refractivity contribution in [3.63, 3.8) is 0 Å². The minimum absolute atomic E-state index is 0.256. The molecule has 5 heteroatoms. The lowest BCUT2D eigenvalue weighted by atomic mass is 10.3. The lowest BCUT2D eigenvalue weighted by molar-refractivity contribution is 0.668. The highest BCUT2D eigenvalue weighted by atomic mass is 32.2. The van der Waals surface area contributed by atoms with E-state index in [1.165, 1.54) is 0 Å². The second-order valence-electron chi connectivity index (χ2n) is 3.64. The van der Waals surface area contributed by atoms with Crippen molar-refractivity contribution in [1.82, 2.24) is 4.72 Å². The summed E-state index contributed by atoms with van der Waals surface area (Å²) < 4.78 is 19.5. The third kappa shape index (κ3) is 2.30. The van der Waals surface area contributed by atoms with E-state index in [0.29, 0.717) is 10.6 Å². The zero-order valence-corrected chi connectivity index (χ0v) is 9.46. The third-order valence-electron chi connectivity index (χ3n) is 2.30. The molecule has 0 bridgehead atoms. The highest BCUT2D eigenvalue weighted by molar-refractivity contribution is 7.91. The van der Waals surface area contributed by atoms with Crippen molar-refractivity contribution in [1.29, 1.82) is 0 Å². The van der Waals surface area contributed by atoms with E-state index in [1.807, 2.05) is 0 Å². The summed E-state index contributed by atoms with van der Waals surface area (Å²) in [6, 6.07) is 7.33. The van der Waals surface area contributed by atoms with Crippen LogP contribution in [0.5, 0.6) is 0 Å². The number of nitrogens with zero attached hydrogens (tertiary/aromatic N) is 1. The molecule has 1 aliphatic carbocycles. The van der Waals surface area contributed by atoms with Gasteiger partial charge in [0.1, 0.15) is 9.92 Å². The summed E-state index contributed by atoms with van der Waals surface area (Å²) in [7, 11) is -0.806. The van der Waals surface area contributed by atoms with Crippen LogP contribution in [-0.2, 0) is 9.92 Å². The fraction of sp³-hybridized carbons (Fsp3) is 0.400. The lowest BCUT2D eigenvalue weighted by Gasteiger charge is -2.09. The fourth-order valence-electron chi connectivity index (χ4n) is 1.31. The minimum atomic E-state index is -2.47. The summed E-state index contributed by atoms with van der Waals surface area (Å²) in [5, 5.41) is 0. The first-order valence-corrected chi connectivity index (χ1v) is 6.46. The Hall–Kier alpha value is -1.07. The van der Waals surface area contributed by atoms with E-state index in [1.54, 1.807) is 31.3 Å². The number of nitrogens with two attached hydrogens (primary N) is 1. The maximum atomic E-state index is 12.4. The molecule has 3 N–H and O–H groups in total. The summed E-state index contributed by atoms with van der Waals surface area (Å²) in [4.78, 5) is 0.664. The Morgan fingerprint density at radius 3 is 2.80 bits per heavy atom. The quantitative estimate of drug-likeness (QED) is 0.763. The van der Waals surface area contributed by atoms with Crippen LogP contribution in [0.3, 0.4) is 0 Å². The van der Waals surface area contributed by atoms with Gasteiger partial charge in [-0.05, 0) is 38.1 Å². The smallest absolute Gasteiger partial charge is 0.137 e. The van der Waals surface area contributed by atoms with Gasteiger partial charge in [0.05, 0.1) is 10.9 Å². The van der Waals surface area contributed by atoms with Crippen molar-refractivity contribution in [3.05, 3.63) is 24.3 Å². The van der Waals surface area contributed by atoms with E-state index in [2.05, 4.69) is 9.08 Å². The molecule has 1 aromatic carbocycles. The number of rotatable bonds is 3. The largest absolute Gasteiger partial charge is 0.399 e. The molecular weight excluding hydrogens is 210 g/mol. The Bertz CT molecular complexity index is 473. The molecule has 1 aliphatic rings. The molecule has 4 nitrogen and oxygen atoms in total. The van der Waals surface area contributed by atoms with Crippen molar-refractivity contribution in [2.24, 2.45) is 4.36 Å². The second-order valence-corrected chi connectivity index (χ2v) is 5.78. The number of hydrogen-bond donors (Lipinski definition) is 2. The van der Waals surface area contributed by atoms with Crippen LogP contribution in [0.2, 0.25) is 0 Å². The Morgan fingerprint density at radius 1 is 1.53 bits per heavy atom. The molecule has 0 saturated heterocycles. The first-order chi connectivity index (χ1) is 7.14. The zero-order valence-electron chi connectivity index (χ0n) is 8.64. The van der Waals surface area contributed by atoms with Crippen molar-refractivity contribution in [2.45, 2.75) is 23.8 Å². The van der Waals surface area contributed by atoms with Crippen LogP contribution in [0.15, 0.2) is 33.5 Å². The predicted octanol–water partition coefficient (Wildman–Crippen LogP) is 1.39. The van der Waals surface area contributed by atoms with Crippen LogP contribution >= 0.6 is 0 Å². The van der Waals surface area contributed by atoms with Gasteiger partial charge in [-0.1, -0.05) is 6.07 Å². The monoisotopic (exact) mass is 225 g/mol. The van der Waals surface area contributed by atoms with Gasteiger partial charge in [0.2, 0.25) is 0 Å². The molecule has 2 rings (SSSR count). The molecule has 0 aromatic heterocycles. The molecule has 15 heavy (non-hydrogen) atoms. The van der Waals surface area contributed by atoms with Gasteiger partial charge in [-0.25, -0.2) is 13.3 Å². The molecule has 1 saturated carbocycles. The summed E-state index contributed by atoms with van der Waals surface area (Å²) in [5.41, 5.74) is 6.27. The Balaban J connectivity index is 2.46. The summed E-state index contributed by atoms with van der Waals surface area (Å²) in [6.45, 7) is 0. The summed E-state index contributed by atoms with van der Waals surface area (Å²) in [5.74, 6) is 0. The minimum Gasteiger partial charge on any atom is -0.399 e. The first kappa shape index (κ1) is 10.4. The zero-order chi connectivity index (χ0) is 10.9. The average Bonchev–Trinajstić information content (AvgIpc) is 3.01. The van der Waals surface area contributed by atoms with Gasteiger partial charge in [-0.15, -0.1) is 0 Å². The van der Waals surface area contributed by atoms with Crippen LogP contribution in [0, 0.1) is 0 Å². The van der Waals surface area contributed by atoms with E-state index < -0.39 is 9.92 Å². The molecule has 1 aromatic rings. The molecule has 1 atom stereocenters. The summed E-state index contributed by atoms with van der Waals surface area (Å²) >= 11 is 0. The second kappa shape index (κ2) is 3.83. The van der Waals surface area contributed by atoms with E-state index in [-0.39, 0.29) is 6.04 Å². The highest BCUT2D eigenvalue weighted by Gasteiger charge is 2.24. The maximum absolute atomic E-state index is 12.4. The van der Waals surface area contributed by atoms with E-state index in [0.717, 1.165) is 12.8 Å². The van der Waals surface area contributed by atoms with E-state index in [9.17, 15) is 4.21 Å². The van der Waals surface area contributed by atoms with Gasteiger partial charge < -0.3 is 5.73 Å². The highest BCUT2D eigenvalue weighted by Crippen LogP contribution is 2.27. The van der Waals surface area contributed by atoms with Crippen LogP contribution in [0.25, 0.3) is 0 Å². The normalized spacial score (nSPS) is 19.5. The van der Waals surface area contributed by atoms with Crippen LogP contribution in [0.1, 0.15) is 12.8 Å². The summed E-state index contributed by atoms with van der Waals surface area (Å²) in [6.07, 6.45) is 2.09. The maximum Gasteiger partial charge on any atom is 0.137 e. The van der Waals surface area contributed by atoms with Crippen LogP contribution < -0.4 is 10.5 Å². The average molecular weight is 225 g/mol. The van der Waals surface area contributed by atoms with Gasteiger partial charge in [0, 0.05) is 5.69 Å². The Labute approximate surface area is 90.2 Å².